The van der Waals surface area contributed by atoms with E-state index in [0.717, 1.165) is 25.7 Å². The molecule has 4 nitrogen and oxygen atoms in total. The van der Waals surface area contributed by atoms with Gasteiger partial charge in [-0.25, -0.2) is 13.1 Å². The Kier molecular flexibility index (Phi) is 4.59. The second-order valence-electron chi connectivity index (χ2n) is 5.45. The first-order valence-corrected chi connectivity index (χ1v) is 9.05. The van der Waals surface area contributed by atoms with E-state index in [2.05, 4.69) is 20.7 Å². The van der Waals surface area contributed by atoms with Gasteiger partial charge in [0.05, 0.1) is 11.5 Å². The highest BCUT2D eigenvalue weighted by atomic mass is 79.9. The normalized spacial score (nSPS) is 17.8. The maximum absolute atomic E-state index is 12.6. The smallest absolute Gasteiger partial charge is 0.241 e. The van der Waals surface area contributed by atoms with Gasteiger partial charge in [-0.1, -0.05) is 22.9 Å². The van der Waals surface area contributed by atoms with Crippen LogP contribution < -0.4 is 4.72 Å². The monoisotopic (exact) mass is 361 g/mol. The summed E-state index contributed by atoms with van der Waals surface area (Å²) in [5.74, 6) is 0. The molecule has 2 N–H and O–H groups in total. The number of sulfonamides is 1. The summed E-state index contributed by atoms with van der Waals surface area (Å²) >= 11 is 3.35. The van der Waals surface area contributed by atoms with Crippen molar-refractivity contribution in [3.05, 3.63) is 27.7 Å². The quantitative estimate of drug-likeness (QED) is 0.847. The maximum Gasteiger partial charge on any atom is 0.241 e. The van der Waals surface area contributed by atoms with E-state index >= 15 is 0 Å². The minimum absolute atomic E-state index is 0.180. The summed E-state index contributed by atoms with van der Waals surface area (Å²) in [7, 11) is -3.57. The largest absolute Gasteiger partial charge is 0.392 e. The van der Waals surface area contributed by atoms with Crippen LogP contribution in [0.2, 0.25) is 0 Å². The van der Waals surface area contributed by atoms with E-state index in [9.17, 15) is 13.5 Å². The van der Waals surface area contributed by atoms with Crippen molar-refractivity contribution in [2.24, 2.45) is 0 Å². The van der Waals surface area contributed by atoms with Crippen LogP contribution in [0.15, 0.2) is 21.5 Å². The number of benzene rings is 1. The molecule has 2 rings (SSSR count). The molecule has 20 heavy (non-hydrogen) atoms. The SMILES string of the molecule is CCC1(NS(=O)(=O)c2cc(CO)cc(Br)c2C)CCC1. The average Bonchev–Trinajstić information content (AvgIpc) is 2.36. The molecule has 1 saturated carbocycles. The molecule has 0 bridgehead atoms. The van der Waals surface area contributed by atoms with Crippen molar-refractivity contribution in [3.8, 4) is 0 Å². The third-order valence-electron chi connectivity index (χ3n) is 4.17. The minimum Gasteiger partial charge on any atom is -0.392 e. The topological polar surface area (TPSA) is 66.4 Å². The van der Waals surface area contributed by atoms with Crippen LogP contribution in [0.4, 0.5) is 0 Å². The van der Waals surface area contributed by atoms with Gasteiger partial charge in [-0.2, -0.15) is 0 Å². The first-order valence-electron chi connectivity index (χ1n) is 6.77. The fourth-order valence-electron chi connectivity index (χ4n) is 2.55. The van der Waals surface area contributed by atoms with Gasteiger partial charge in [-0.15, -0.1) is 0 Å². The third kappa shape index (κ3) is 2.93. The van der Waals surface area contributed by atoms with Gasteiger partial charge < -0.3 is 5.11 Å². The molecule has 0 unspecified atom stereocenters. The number of hydrogen-bond donors (Lipinski definition) is 2. The number of rotatable bonds is 5. The van der Waals surface area contributed by atoms with Gasteiger partial charge in [-0.3, -0.25) is 0 Å². The van der Waals surface area contributed by atoms with E-state index in [1.165, 1.54) is 0 Å². The Morgan fingerprint density at radius 1 is 1.40 bits per heavy atom. The highest BCUT2D eigenvalue weighted by Crippen LogP contribution is 2.37. The molecule has 1 aliphatic rings. The Labute approximate surface area is 128 Å². The number of aliphatic hydroxyl groups excluding tert-OH is 1. The number of halogens is 1. The van der Waals surface area contributed by atoms with Gasteiger partial charge in [0, 0.05) is 10.0 Å². The zero-order chi connectivity index (χ0) is 15.0. The molecule has 0 aromatic heterocycles. The molecule has 1 aromatic carbocycles. The molecule has 6 heteroatoms. The Morgan fingerprint density at radius 2 is 2.05 bits per heavy atom. The Balaban J connectivity index is 2.41. The van der Waals surface area contributed by atoms with Crippen molar-refractivity contribution in [2.45, 2.75) is 56.6 Å². The predicted octanol–water partition coefficient (Wildman–Crippen LogP) is 2.86. The maximum atomic E-state index is 12.6. The highest BCUT2D eigenvalue weighted by molar-refractivity contribution is 9.10. The Bertz CT molecular complexity index is 604. The molecule has 1 fully saturated rings. The fraction of sp³-hybridized carbons (Fsp3) is 0.571. The van der Waals surface area contributed by atoms with Crippen molar-refractivity contribution in [2.75, 3.05) is 0 Å². The standard InChI is InChI=1S/C14H20BrNO3S/c1-3-14(5-4-6-14)16-20(18,19)13-8-11(9-17)7-12(15)10(13)2/h7-8,16-17H,3-6,9H2,1-2H3. The average molecular weight is 362 g/mol. The van der Waals surface area contributed by atoms with E-state index in [4.69, 9.17) is 0 Å². The molecule has 0 atom stereocenters. The molecule has 1 aliphatic carbocycles. The Morgan fingerprint density at radius 3 is 2.50 bits per heavy atom. The zero-order valence-electron chi connectivity index (χ0n) is 11.7. The van der Waals surface area contributed by atoms with E-state index in [-0.39, 0.29) is 17.0 Å². The van der Waals surface area contributed by atoms with Gasteiger partial charge in [0.1, 0.15) is 0 Å². The van der Waals surface area contributed by atoms with Crippen LogP contribution in [0.3, 0.4) is 0 Å². The van der Waals surface area contributed by atoms with Crippen molar-refractivity contribution >= 4 is 26.0 Å². The first kappa shape index (κ1) is 15.9. The number of hydrogen-bond acceptors (Lipinski definition) is 3. The molecule has 0 heterocycles. The van der Waals surface area contributed by atoms with Gasteiger partial charge >= 0.3 is 0 Å². The summed E-state index contributed by atoms with van der Waals surface area (Å²) < 4.78 is 28.8. The second-order valence-corrected chi connectivity index (χ2v) is 7.96. The van der Waals surface area contributed by atoms with Crippen LogP contribution in [0.5, 0.6) is 0 Å². The molecule has 0 saturated heterocycles. The van der Waals surface area contributed by atoms with E-state index in [1.54, 1.807) is 19.1 Å². The summed E-state index contributed by atoms with van der Waals surface area (Å²) in [6, 6.07) is 3.29. The second kappa shape index (κ2) is 5.75. The molecule has 0 amide bonds. The number of nitrogens with one attached hydrogen (secondary N) is 1. The summed E-state index contributed by atoms with van der Waals surface area (Å²) in [5, 5.41) is 9.24. The third-order valence-corrected chi connectivity index (χ3v) is 6.70. The lowest BCUT2D eigenvalue weighted by Gasteiger charge is -2.41. The minimum atomic E-state index is -3.57. The van der Waals surface area contributed by atoms with Crippen molar-refractivity contribution in [1.29, 1.82) is 0 Å². The van der Waals surface area contributed by atoms with Crippen molar-refractivity contribution in [1.82, 2.24) is 4.72 Å². The summed E-state index contributed by atoms with van der Waals surface area (Å²) in [5.41, 5.74) is 0.967. The molecular formula is C14H20BrNO3S. The molecule has 1 aromatic rings. The Hall–Kier alpha value is -0.430. The van der Waals surface area contributed by atoms with Gasteiger partial charge in [0.2, 0.25) is 10.0 Å². The van der Waals surface area contributed by atoms with Gasteiger partial charge in [-0.05, 0) is 55.9 Å². The van der Waals surface area contributed by atoms with E-state index in [1.807, 2.05) is 6.92 Å². The lowest BCUT2D eigenvalue weighted by molar-refractivity contribution is 0.214. The van der Waals surface area contributed by atoms with Crippen LogP contribution in [0, 0.1) is 6.92 Å². The van der Waals surface area contributed by atoms with Gasteiger partial charge in [0.25, 0.3) is 0 Å². The van der Waals surface area contributed by atoms with E-state index < -0.39 is 10.0 Å². The van der Waals surface area contributed by atoms with E-state index in [0.29, 0.717) is 15.6 Å². The lowest BCUT2D eigenvalue weighted by atomic mass is 9.76. The summed E-state index contributed by atoms with van der Waals surface area (Å²) in [6.07, 6.45) is 3.65. The molecule has 112 valence electrons. The fourth-order valence-corrected chi connectivity index (χ4v) is 5.04. The zero-order valence-corrected chi connectivity index (χ0v) is 14.1. The van der Waals surface area contributed by atoms with Crippen LogP contribution in [0.25, 0.3) is 0 Å². The molecular weight excluding hydrogens is 342 g/mol. The van der Waals surface area contributed by atoms with Crippen molar-refractivity contribution < 1.29 is 13.5 Å². The summed E-state index contributed by atoms with van der Waals surface area (Å²) in [6.45, 7) is 3.59. The predicted molar refractivity (Wildman–Crippen MR) is 82.0 cm³/mol. The lowest BCUT2D eigenvalue weighted by Crippen LogP contribution is -2.52. The molecule has 0 radical (unpaired) electrons. The first-order chi connectivity index (χ1) is 9.33. The number of aliphatic hydroxyl groups is 1. The van der Waals surface area contributed by atoms with Crippen LogP contribution in [0.1, 0.15) is 43.7 Å². The summed E-state index contributed by atoms with van der Waals surface area (Å²) in [4.78, 5) is 0.246. The van der Waals surface area contributed by atoms with Gasteiger partial charge in [0.15, 0.2) is 0 Å². The van der Waals surface area contributed by atoms with Crippen molar-refractivity contribution in [3.63, 3.8) is 0 Å². The molecule has 0 aliphatic heterocycles. The van der Waals surface area contributed by atoms with Crippen LogP contribution in [-0.4, -0.2) is 19.1 Å². The molecule has 0 spiro atoms. The van der Waals surface area contributed by atoms with Crippen LogP contribution >= 0.6 is 15.9 Å². The van der Waals surface area contributed by atoms with Crippen LogP contribution in [-0.2, 0) is 16.6 Å². The highest BCUT2D eigenvalue weighted by Gasteiger charge is 2.39.